The number of hydrogen-bond donors (Lipinski definition) is 1. The van der Waals surface area contributed by atoms with Crippen molar-refractivity contribution in [2.45, 2.75) is 20.3 Å². The van der Waals surface area contributed by atoms with Crippen LogP contribution in [0, 0.1) is 6.92 Å². The van der Waals surface area contributed by atoms with Crippen LogP contribution in [0.15, 0.2) is 54.1 Å². The predicted octanol–water partition coefficient (Wildman–Crippen LogP) is 3.22. The average Bonchev–Trinajstić information content (AvgIpc) is 2.60. The highest BCUT2D eigenvalue weighted by Crippen LogP contribution is 2.22. The summed E-state index contributed by atoms with van der Waals surface area (Å²) >= 11 is 0. The van der Waals surface area contributed by atoms with Crippen LogP contribution in [0.1, 0.15) is 23.6 Å². The molecule has 1 aliphatic rings. The summed E-state index contributed by atoms with van der Waals surface area (Å²) in [6.07, 6.45) is 2.41. The van der Waals surface area contributed by atoms with Crippen molar-refractivity contribution in [3.05, 3.63) is 70.8 Å². The summed E-state index contributed by atoms with van der Waals surface area (Å²) in [5.41, 5.74) is 3.26. The number of nitrogens with zero attached hydrogens (tertiary/aromatic N) is 1. The Bertz CT molecular complexity index is 865. The Morgan fingerprint density at radius 3 is 2.20 bits per heavy atom. The topological polar surface area (TPSA) is 66.5 Å². The number of carbonyl (C=O) groups is 3. The first-order valence-electron chi connectivity index (χ1n) is 8.06. The fraction of sp³-hybridized carbons (Fsp3) is 0.150. The molecule has 1 aliphatic heterocycles. The molecule has 5 nitrogen and oxygen atoms in total. The van der Waals surface area contributed by atoms with E-state index in [9.17, 15) is 14.4 Å². The smallest absolute Gasteiger partial charge is 0.273 e. The molecule has 25 heavy (non-hydrogen) atoms. The maximum atomic E-state index is 12.7. The molecule has 0 atom stereocenters. The normalized spacial score (nSPS) is 16.3. The van der Waals surface area contributed by atoms with Crippen LogP contribution in [0.25, 0.3) is 6.08 Å². The fourth-order valence-electron chi connectivity index (χ4n) is 2.60. The van der Waals surface area contributed by atoms with Crippen LogP contribution in [0.2, 0.25) is 0 Å². The van der Waals surface area contributed by atoms with Crippen molar-refractivity contribution in [1.29, 1.82) is 0 Å². The van der Waals surface area contributed by atoms with Crippen LogP contribution in [-0.4, -0.2) is 17.8 Å². The highest BCUT2D eigenvalue weighted by Gasteiger charge is 2.36. The summed E-state index contributed by atoms with van der Waals surface area (Å²) in [6, 6.07) is 13.8. The van der Waals surface area contributed by atoms with Crippen molar-refractivity contribution in [2.75, 3.05) is 4.90 Å². The quantitative estimate of drug-likeness (QED) is 0.692. The van der Waals surface area contributed by atoms with Gasteiger partial charge in [0.05, 0.1) is 5.69 Å². The van der Waals surface area contributed by atoms with E-state index >= 15 is 0 Å². The van der Waals surface area contributed by atoms with Crippen molar-refractivity contribution in [3.8, 4) is 0 Å². The van der Waals surface area contributed by atoms with Crippen LogP contribution in [-0.2, 0) is 16.0 Å². The second-order valence-electron chi connectivity index (χ2n) is 5.89. The van der Waals surface area contributed by atoms with Gasteiger partial charge in [0.1, 0.15) is 5.57 Å². The molecule has 2 aromatic carbocycles. The molecule has 2 aromatic rings. The van der Waals surface area contributed by atoms with Crippen molar-refractivity contribution >= 4 is 29.6 Å². The molecule has 0 spiro atoms. The lowest BCUT2D eigenvalue weighted by atomic mass is 10.0. The SMILES string of the molecule is CCc1ccc(/C=C2\C(=O)NC(=O)N(c3ccc(C)cc3)C2=O)cc1. The van der Waals surface area contributed by atoms with Gasteiger partial charge in [0.2, 0.25) is 0 Å². The van der Waals surface area contributed by atoms with Crippen LogP contribution in [0.3, 0.4) is 0 Å². The van der Waals surface area contributed by atoms with E-state index < -0.39 is 17.8 Å². The molecule has 0 radical (unpaired) electrons. The number of carbonyl (C=O) groups excluding carboxylic acids is 3. The summed E-state index contributed by atoms with van der Waals surface area (Å²) in [5.74, 6) is -1.31. The fourth-order valence-corrected chi connectivity index (χ4v) is 2.60. The van der Waals surface area contributed by atoms with Gasteiger partial charge in [-0.3, -0.25) is 14.9 Å². The Balaban J connectivity index is 1.97. The third-order valence-corrected chi connectivity index (χ3v) is 4.09. The van der Waals surface area contributed by atoms with Gasteiger partial charge in [0.25, 0.3) is 11.8 Å². The second kappa shape index (κ2) is 6.73. The van der Waals surface area contributed by atoms with Gasteiger partial charge >= 0.3 is 6.03 Å². The van der Waals surface area contributed by atoms with E-state index in [-0.39, 0.29) is 5.57 Å². The molecule has 0 unspecified atom stereocenters. The summed E-state index contributed by atoms with van der Waals surface area (Å²) in [6.45, 7) is 3.97. The standard InChI is InChI=1S/C20H18N2O3/c1-3-14-6-8-15(9-7-14)12-17-18(23)21-20(25)22(19(17)24)16-10-4-13(2)5-11-16/h4-12H,3H2,1-2H3,(H,21,23,25)/b17-12+. The Morgan fingerprint density at radius 2 is 1.60 bits per heavy atom. The van der Waals surface area contributed by atoms with Crippen LogP contribution >= 0.6 is 0 Å². The lowest BCUT2D eigenvalue weighted by Gasteiger charge is -2.26. The predicted molar refractivity (Wildman–Crippen MR) is 96.0 cm³/mol. The van der Waals surface area contributed by atoms with Crippen molar-refractivity contribution in [2.24, 2.45) is 0 Å². The zero-order chi connectivity index (χ0) is 18.0. The molecular formula is C20H18N2O3. The minimum Gasteiger partial charge on any atom is -0.273 e. The number of amides is 4. The number of imide groups is 2. The van der Waals surface area contributed by atoms with E-state index in [0.29, 0.717) is 5.69 Å². The van der Waals surface area contributed by atoms with E-state index in [1.54, 1.807) is 24.3 Å². The Labute approximate surface area is 146 Å². The molecule has 4 amide bonds. The number of anilines is 1. The van der Waals surface area contributed by atoms with Gasteiger partial charge in [0, 0.05) is 0 Å². The number of hydrogen-bond acceptors (Lipinski definition) is 3. The molecular weight excluding hydrogens is 316 g/mol. The van der Waals surface area contributed by atoms with Gasteiger partial charge in [-0.15, -0.1) is 0 Å². The number of barbiturate groups is 1. The minimum absolute atomic E-state index is 0.0653. The third-order valence-electron chi connectivity index (χ3n) is 4.09. The third kappa shape index (κ3) is 3.35. The Hall–Kier alpha value is -3.21. The highest BCUT2D eigenvalue weighted by molar-refractivity contribution is 6.39. The van der Waals surface area contributed by atoms with E-state index in [0.717, 1.165) is 28.0 Å². The molecule has 0 saturated carbocycles. The molecule has 0 bridgehead atoms. The van der Waals surface area contributed by atoms with E-state index in [1.165, 1.54) is 6.08 Å². The number of nitrogens with one attached hydrogen (secondary N) is 1. The second-order valence-corrected chi connectivity index (χ2v) is 5.89. The summed E-state index contributed by atoms with van der Waals surface area (Å²) < 4.78 is 0. The summed E-state index contributed by atoms with van der Waals surface area (Å²) in [7, 11) is 0. The van der Waals surface area contributed by atoms with Gasteiger partial charge in [-0.2, -0.15) is 0 Å². The zero-order valence-electron chi connectivity index (χ0n) is 14.1. The molecule has 0 aromatic heterocycles. The van der Waals surface area contributed by atoms with Gasteiger partial charge in [0.15, 0.2) is 0 Å². The highest BCUT2D eigenvalue weighted by atomic mass is 16.2. The first-order valence-corrected chi connectivity index (χ1v) is 8.06. The maximum Gasteiger partial charge on any atom is 0.335 e. The Morgan fingerprint density at radius 1 is 0.960 bits per heavy atom. The van der Waals surface area contributed by atoms with Crippen molar-refractivity contribution < 1.29 is 14.4 Å². The van der Waals surface area contributed by atoms with E-state index in [2.05, 4.69) is 12.2 Å². The lowest BCUT2D eigenvalue weighted by molar-refractivity contribution is -0.122. The Kier molecular flexibility index (Phi) is 4.48. The monoisotopic (exact) mass is 334 g/mol. The van der Waals surface area contributed by atoms with Crippen molar-refractivity contribution in [3.63, 3.8) is 0 Å². The van der Waals surface area contributed by atoms with Crippen LogP contribution in [0.5, 0.6) is 0 Å². The molecule has 1 heterocycles. The molecule has 1 saturated heterocycles. The molecule has 126 valence electrons. The van der Waals surface area contributed by atoms with Gasteiger partial charge in [-0.25, -0.2) is 9.69 Å². The van der Waals surface area contributed by atoms with Gasteiger partial charge < -0.3 is 0 Å². The van der Waals surface area contributed by atoms with Gasteiger partial charge in [-0.1, -0.05) is 48.9 Å². The largest absolute Gasteiger partial charge is 0.335 e. The number of rotatable bonds is 3. The molecule has 1 N–H and O–H groups in total. The van der Waals surface area contributed by atoms with Crippen molar-refractivity contribution in [1.82, 2.24) is 5.32 Å². The minimum atomic E-state index is -0.739. The lowest BCUT2D eigenvalue weighted by Crippen LogP contribution is -2.54. The first kappa shape index (κ1) is 16.6. The zero-order valence-corrected chi connectivity index (χ0v) is 14.1. The van der Waals surface area contributed by atoms with Crippen LogP contribution < -0.4 is 10.2 Å². The molecule has 0 aliphatic carbocycles. The van der Waals surface area contributed by atoms with E-state index in [1.807, 2.05) is 31.2 Å². The van der Waals surface area contributed by atoms with Gasteiger partial charge in [-0.05, 0) is 42.7 Å². The molecule has 1 fully saturated rings. The number of benzene rings is 2. The first-order chi connectivity index (χ1) is 12.0. The summed E-state index contributed by atoms with van der Waals surface area (Å²) in [5, 5.41) is 2.22. The van der Waals surface area contributed by atoms with Crippen LogP contribution in [0.4, 0.5) is 10.5 Å². The molecule has 3 rings (SSSR count). The van der Waals surface area contributed by atoms with E-state index in [4.69, 9.17) is 0 Å². The number of aryl methyl sites for hydroxylation is 2. The molecule has 5 heteroatoms. The summed E-state index contributed by atoms with van der Waals surface area (Å²) in [4.78, 5) is 38.0. The average molecular weight is 334 g/mol. The number of urea groups is 1. The maximum absolute atomic E-state index is 12.7.